The Morgan fingerprint density at radius 2 is 2.00 bits per heavy atom. The van der Waals surface area contributed by atoms with Crippen molar-refractivity contribution in [2.24, 2.45) is 0 Å². The van der Waals surface area contributed by atoms with Crippen molar-refractivity contribution in [3.63, 3.8) is 0 Å². The lowest BCUT2D eigenvalue weighted by molar-refractivity contribution is 0.0618. The fraction of sp³-hybridized carbons (Fsp3) is 0.250. The standard InChI is InChI=1S/C16H17NO/c1-12-5-4-7-14(11-12)17-16-15-8-3-2-6-13(15)9-10-18-16/h2-8,11,16-17H,9-10H2,1H3. The quantitative estimate of drug-likeness (QED) is 0.863. The third kappa shape index (κ3) is 2.24. The second-order valence-corrected chi connectivity index (χ2v) is 4.71. The molecule has 0 bridgehead atoms. The van der Waals surface area contributed by atoms with Crippen LogP contribution in [0.5, 0.6) is 0 Å². The zero-order valence-electron chi connectivity index (χ0n) is 10.5. The first kappa shape index (κ1) is 11.3. The van der Waals surface area contributed by atoms with Gasteiger partial charge >= 0.3 is 0 Å². The molecule has 0 saturated heterocycles. The number of fused-ring (bicyclic) bond motifs is 1. The van der Waals surface area contributed by atoms with E-state index in [1.165, 1.54) is 16.7 Å². The molecule has 0 spiro atoms. The number of nitrogens with one attached hydrogen (secondary N) is 1. The first-order valence-electron chi connectivity index (χ1n) is 6.35. The van der Waals surface area contributed by atoms with Crippen molar-refractivity contribution >= 4 is 5.69 Å². The van der Waals surface area contributed by atoms with Gasteiger partial charge in [0.15, 0.2) is 6.23 Å². The minimum absolute atomic E-state index is 0.0308. The van der Waals surface area contributed by atoms with Crippen LogP contribution < -0.4 is 5.32 Å². The molecule has 0 aliphatic carbocycles. The molecular weight excluding hydrogens is 222 g/mol. The van der Waals surface area contributed by atoms with Crippen molar-refractivity contribution in [1.82, 2.24) is 0 Å². The van der Waals surface area contributed by atoms with E-state index >= 15 is 0 Å². The van der Waals surface area contributed by atoms with Crippen LogP contribution in [0.4, 0.5) is 5.69 Å². The Labute approximate surface area is 108 Å². The van der Waals surface area contributed by atoms with Crippen molar-refractivity contribution in [2.75, 3.05) is 11.9 Å². The molecule has 3 rings (SSSR count). The summed E-state index contributed by atoms with van der Waals surface area (Å²) in [6.45, 7) is 2.88. The van der Waals surface area contributed by atoms with Crippen LogP contribution >= 0.6 is 0 Å². The summed E-state index contributed by atoms with van der Waals surface area (Å²) in [7, 11) is 0. The Balaban J connectivity index is 1.86. The van der Waals surface area contributed by atoms with Gasteiger partial charge in [-0.05, 0) is 36.6 Å². The van der Waals surface area contributed by atoms with Crippen molar-refractivity contribution < 1.29 is 4.74 Å². The lowest BCUT2D eigenvalue weighted by Crippen LogP contribution is -2.22. The van der Waals surface area contributed by atoms with E-state index in [2.05, 4.69) is 60.8 Å². The molecule has 2 aromatic rings. The van der Waals surface area contributed by atoms with Gasteiger partial charge in [-0.25, -0.2) is 0 Å². The molecule has 18 heavy (non-hydrogen) atoms. The molecule has 2 heteroatoms. The van der Waals surface area contributed by atoms with Gasteiger partial charge in [0.2, 0.25) is 0 Å². The second-order valence-electron chi connectivity index (χ2n) is 4.71. The van der Waals surface area contributed by atoms with Gasteiger partial charge < -0.3 is 10.1 Å². The zero-order chi connectivity index (χ0) is 12.4. The summed E-state index contributed by atoms with van der Waals surface area (Å²) in [6.07, 6.45) is 0.971. The van der Waals surface area contributed by atoms with Crippen LogP contribution in [-0.2, 0) is 11.2 Å². The maximum absolute atomic E-state index is 5.84. The highest BCUT2D eigenvalue weighted by molar-refractivity contribution is 5.48. The van der Waals surface area contributed by atoms with E-state index in [0.717, 1.165) is 18.7 Å². The lowest BCUT2D eigenvalue weighted by Gasteiger charge is -2.27. The molecule has 1 N–H and O–H groups in total. The van der Waals surface area contributed by atoms with Crippen molar-refractivity contribution in [2.45, 2.75) is 19.6 Å². The summed E-state index contributed by atoms with van der Waals surface area (Å²) in [5.74, 6) is 0. The molecule has 1 aliphatic rings. The largest absolute Gasteiger partial charge is 0.356 e. The van der Waals surface area contributed by atoms with E-state index in [0.29, 0.717) is 0 Å². The second kappa shape index (κ2) is 4.83. The van der Waals surface area contributed by atoms with Crippen LogP contribution in [0.1, 0.15) is 22.9 Å². The number of anilines is 1. The number of aryl methyl sites for hydroxylation is 1. The van der Waals surface area contributed by atoms with E-state index in [4.69, 9.17) is 4.74 Å². The Kier molecular flexibility index (Phi) is 3.03. The third-order valence-corrected chi connectivity index (χ3v) is 3.31. The fourth-order valence-corrected chi connectivity index (χ4v) is 2.40. The smallest absolute Gasteiger partial charge is 0.154 e. The molecule has 1 unspecified atom stereocenters. The van der Waals surface area contributed by atoms with Crippen LogP contribution in [0.25, 0.3) is 0 Å². The van der Waals surface area contributed by atoms with Crippen LogP contribution in [0.2, 0.25) is 0 Å². The summed E-state index contributed by atoms with van der Waals surface area (Å²) in [4.78, 5) is 0. The summed E-state index contributed by atoms with van der Waals surface area (Å²) in [6, 6.07) is 16.9. The SMILES string of the molecule is Cc1cccc(NC2OCCc3ccccc32)c1. The lowest BCUT2D eigenvalue weighted by atomic mass is 10.0. The van der Waals surface area contributed by atoms with Gasteiger partial charge in [0, 0.05) is 11.3 Å². The van der Waals surface area contributed by atoms with Gasteiger partial charge in [0.25, 0.3) is 0 Å². The third-order valence-electron chi connectivity index (χ3n) is 3.31. The fourth-order valence-electron chi connectivity index (χ4n) is 2.40. The van der Waals surface area contributed by atoms with E-state index in [-0.39, 0.29) is 6.23 Å². The Hall–Kier alpha value is -1.80. The van der Waals surface area contributed by atoms with Crippen LogP contribution in [0.3, 0.4) is 0 Å². The van der Waals surface area contributed by atoms with Crippen LogP contribution in [-0.4, -0.2) is 6.61 Å². The maximum atomic E-state index is 5.84. The van der Waals surface area contributed by atoms with Gasteiger partial charge in [-0.15, -0.1) is 0 Å². The zero-order valence-corrected chi connectivity index (χ0v) is 10.5. The molecule has 2 aromatic carbocycles. The molecule has 1 aliphatic heterocycles. The number of rotatable bonds is 2. The molecule has 1 heterocycles. The molecule has 2 nitrogen and oxygen atoms in total. The van der Waals surface area contributed by atoms with Gasteiger partial charge in [-0.1, -0.05) is 36.4 Å². The summed E-state index contributed by atoms with van der Waals surface area (Å²) in [5, 5.41) is 3.46. The van der Waals surface area contributed by atoms with E-state index in [1.54, 1.807) is 0 Å². The Morgan fingerprint density at radius 1 is 1.11 bits per heavy atom. The molecule has 92 valence electrons. The first-order chi connectivity index (χ1) is 8.83. The number of ether oxygens (including phenoxy) is 1. The van der Waals surface area contributed by atoms with Gasteiger partial charge in [0.05, 0.1) is 6.61 Å². The van der Waals surface area contributed by atoms with Crippen LogP contribution in [0.15, 0.2) is 48.5 Å². The van der Waals surface area contributed by atoms with Gasteiger partial charge in [0.1, 0.15) is 0 Å². The average Bonchev–Trinajstić information content (AvgIpc) is 2.39. The van der Waals surface area contributed by atoms with E-state index in [1.807, 2.05) is 0 Å². The summed E-state index contributed by atoms with van der Waals surface area (Å²) in [5.41, 5.74) is 5.00. The predicted molar refractivity (Wildman–Crippen MR) is 73.6 cm³/mol. The van der Waals surface area contributed by atoms with Crippen molar-refractivity contribution in [3.05, 3.63) is 65.2 Å². The highest BCUT2D eigenvalue weighted by Gasteiger charge is 2.19. The molecule has 0 amide bonds. The summed E-state index contributed by atoms with van der Waals surface area (Å²) >= 11 is 0. The first-order valence-corrected chi connectivity index (χ1v) is 6.35. The Morgan fingerprint density at radius 3 is 2.89 bits per heavy atom. The molecular formula is C16H17NO. The van der Waals surface area contributed by atoms with E-state index < -0.39 is 0 Å². The van der Waals surface area contributed by atoms with Crippen LogP contribution in [0, 0.1) is 6.92 Å². The highest BCUT2D eigenvalue weighted by Crippen LogP contribution is 2.28. The summed E-state index contributed by atoms with van der Waals surface area (Å²) < 4.78 is 5.84. The topological polar surface area (TPSA) is 21.3 Å². The van der Waals surface area contributed by atoms with Crippen molar-refractivity contribution in [3.8, 4) is 0 Å². The molecule has 0 fully saturated rings. The predicted octanol–water partition coefficient (Wildman–Crippen LogP) is 3.68. The molecule has 0 aromatic heterocycles. The van der Waals surface area contributed by atoms with E-state index in [9.17, 15) is 0 Å². The molecule has 0 radical (unpaired) electrons. The highest BCUT2D eigenvalue weighted by atomic mass is 16.5. The average molecular weight is 239 g/mol. The number of hydrogen-bond donors (Lipinski definition) is 1. The minimum atomic E-state index is -0.0308. The molecule has 0 saturated carbocycles. The minimum Gasteiger partial charge on any atom is -0.356 e. The normalized spacial score (nSPS) is 18.2. The number of benzene rings is 2. The monoisotopic (exact) mass is 239 g/mol. The number of hydrogen-bond acceptors (Lipinski definition) is 2. The Bertz CT molecular complexity index is 550. The van der Waals surface area contributed by atoms with Gasteiger partial charge in [-0.3, -0.25) is 0 Å². The van der Waals surface area contributed by atoms with Gasteiger partial charge in [-0.2, -0.15) is 0 Å². The maximum Gasteiger partial charge on any atom is 0.154 e. The molecule has 1 atom stereocenters. The van der Waals surface area contributed by atoms with Crippen molar-refractivity contribution in [1.29, 1.82) is 0 Å².